The second kappa shape index (κ2) is 7.85. The Labute approximate surface area is 136 Å². The maximum Gasteiger partial charge on any atom is 0.253 e. The van der Waals surface area contributed by atoms with E-state index in [0.717, 1.165) is 12.1 Å². The molecule has 0 bridgehead atoms. The highest BCUT2D eigenvalue weighted by Gasteiger charge is 2.11. The third-order valence-electron chi connectivity index (χ3n) is 3.33. The number of nitrogens with one attached hydrogen (secondary N) is 2. The van der Waals surface area contributed by atoms with Crippen LogP contribution in [0.25, 0.3) is 0 Å². The summed E-state index contributed by atoms with van der Waals surface area (Å²) in [7, 11) is 0. The standard InChI is InChI=1S/C18H21ClN2O/c1-3-9-20-18(22)16-8-7-15(19)11-17(16)21-12-14-6-4-5-13(2)10-14/h4-8,10-11,21H,3,9,12H2,1-2H3,(H,20,22). The van der Waals surface area contributed by atoms with E-state index in [2.05, 4.69) is 35.8 Å². The topological polar surface area (TPSA) is 41.1 Å². The van der Waals surface area contributed by atoms with Gasteiger partial charge in [0.15, 0.2) is 0 Å². The molecule has 0 saturated heterocycles. The number of anilines is 1. The van der Waals surface area contributed by atoms with Gasteiger partial charge in [-0.1, -0.05) is 48.4 Å². The number of rotatable bonds is 6. The zero-order valence-electron chi connectivity index (χ0n) is 12.9. The van der Waals surface area contributed by atoms with Gasteiger partial charge in [0, 0.05) is 23.8 Å². The SMILES string of the molecule is CCCNC(=O)c1ccc(Cl)cc1NCc1cccc(C)c1. The quantitative estimate of drug-likeness (QED) is 0.829. The van der Waals surface area contributed by atoms with E-state index in [1.807, 2.05) is 13.0 Å². The van der Waals surface area contributed by atoms with Crippen LogP contribution >= 0.6 is 11.6 Å². The van der Waals surface area contributed by atoms with Gasteiger partial charge in [0.1, 0.15) is 0 Å². The summed E-state index contributed by atoms with van der Waals surface area (Å²) in [5, 5.41) is 6.81. The highest BCUT2D eigenvalue weighted by Crippen LogP contribution is 2.22. The van der Waals surface area contributed by atoms with Crippen LogP contribution in [0.15, 0.2) is 42.5 Å². The molecule has 3 nitrogen and oxygen atoms in total. The molecule has 0 aliphatic heterocycles. The lowest BCUT2D eigenvalue weighted by Gasteiger charge is -2.13. The van der Waals surface area contributed by atoms with E-state index in [-0.39, 0.29) is 5.91 Å². The van der Waals surface area contributed by atoms with Crippen molar-refractivity contribution in [1.82, 2.24) is 5.32 Å². The van der Waals surface area contributed by atoms with Crippen LogP contribution in [0.1, 0.15) is 34.8 Å². The first-order valence-corrected chi connectivity index (χ1v) is 7.85. The maximum atomic E-state index is 12.2. The van der Waals surface area contributed by atoms with Gasteiger partial charge < -0.3 is 10.6 Å². The van der Waals surface area contributed by atoms with Gasteiger partial charge >= 0.3 is 0 Å². The fraction of sp³-hybridized carbons (Fsp3) is 0.278. The van der Waals surface area contributed by atoms with Gasteiger partial charge in [-0.15, -0.1) is 0 Å². The van der Waals surface area contributed by atoms with Crippen LogP contribution in [-0.2, 0) is 6.54 Å². The first-order chi connectivity index (χ1) is 10.6. The van der Waals surface area contributed by atoms with Crippen molar-refractivity contribution in [3.8, 4) is 0 Å². The molecule has 0 atom stereocenters. The summed E-state index contributed by atoms with van der Waals surface area (Å²) in [5.41, 5.74) is 3.75. The normalized spacial score (nSPS) is 10.3. The molecule has 0 aliphatic carbocycles. The molecule has 2 N–H and O–H groups in total. The Hall–Kier alpha value is -2.00. The summed E-state index contributed by atoms with van der Waals surface area (Å²) in [6.45, 7) is 5.40. The molecular weight excluding hydrogens is 296 g/mol. The van der Waals surface area contributed by atoms with Crippen molar-refractivity contribution in [1.29, 1.82) is 0 Å². The fourth-order valence-corrected chi connectivity index (χ4v) is 2.39. The van der Waals surface area contributed by atoms with E-state index in [1.54, 1.807) is 18.2 Å². The molecule has 4 heteroatoms. The first kappa shape index (κ1) is 16.4. The minimum atomic E-state index is -0.0785. The fourth-order valence-electron chi connectivity index (χ4n) is 2.21. The summed E-state index contributed by atoms with van der Waals surface area (Å²) >= 11 is 6.06. The van der Waals surface area contributed by atoms with Crippen molar-refractivity contribution in [3.63, 3.8) is 0 Å². The Morgan fingerprint density at radius 2 is 2.00 bits per heavy atom. The third-order valence-corrected chi connectivity index (χ3v) is 3.56. The van der Waals surface area contributed by atoms with Crippen molar-refractivity contribution in [2.24, 2.45) is 0 Å². The lowest BCUT2D eigenvalue weighted by molar-refractivity contribution is 0.0954. The number of halogens is 1. The zero-order valence-corrected chi connectivity index (χ0v) is 13.7. The van der Waals surface area contributed by atoms with Crippen molar-refractivity contribution in [3.05, 3.63) is 64.2 Å². The van der Waals surface area contributed by atoms with Gasteiger partial charge in [0.25, 0.3) is 5.91 Å². The van der Waals surface area contributed by atoms with Gasteiger partial charge in [-0.2, -0.15) is 0 Å². The van der Waals surface area contributed by atoms with E-state index >= 15 is 0 Å². The van der Waals surface area contributed by atoms with Gasteiger partial charge in [-0.3, -0.25) is 4.79 Å². The average Bonchev–Trinajstić information content (AvgIpc) is 2.51. The molecule has 2 aromatic carbocycles. The number of aryl methyl sites for hydroxylation is 1. The molecule has 2 aromatic rings. The summed E-state index contributed by atoms with van der Waals surface area (Å²) < 4.78 is 0. The monoisotopic (exact) mass is 316 g/mol. The predicted molar refractivity (Wildman–Crippen MR) is 92.6 cm³/mol. The van der Waals surface area contributed by atoms with Crippen molar-refractivity contribution < 1.29 is 4.79 Å². The maximum absolute atomic E-state index is 12.2. The van der Waals surface area contributed by atoms with Crippen LogP contribution in [0.4, 0.5) is 5.69 Å². The second-order valence-corrected chi connectivity index (χ2v) is 5.72. The molecule has 116 valence electrons. The Bertz CT molecular complexity index is 655. The highest BCUT2D eigenvalue weighted by molar-refractivity contribution is 6.31. The minimum Gasteiger partial charge on any atom is -0.380 e. The van der Waals surface area contributed by atoms with Crippen LogP contribution < -0.4 is 10.6 Å². The van der Waals surface area contributed by atoms with Crippen molar-refractivity contribution in [2.75, 3.05) is 11.9 Å². The predicted octanol–water partition coefficient (Wildman–Crippen LogP) is 4.40. The van der Waals surface area contributed by atoms with Crippen LogP contribution in [0, 0.1) is 6.92 Å². The molecule has 0 heterocycles. The number of carbonyl (C=O) groups excluding carboxylic acids is 1. The Balaban J connectivity index is 2.15. The number of hydrogen-bond donors (Lipinski definition) is 2. The molecular formula is C18H21ClN2O. The van der Waals surface area contributed by atoms with Gasteiger partial charge in [0.05, 0.1) is 5.56 Å². The van der Waals surface area contributed by atoms with Gasteiger partial charge in [-0.05, 0) is 37.1 Å². The Morgan fingerprint density at radius 1 is 1.18 bits per heavy atom. The molecule has 0 unspecified atom stereocenters. The molecule has 0 radical (unpaired) electrons. The zero-order chi connectivity index (χ0) is 15.9. The molecule has 0 aliphatic rings. The van der Waals surface area contributed by atoms with Gasteiger partial charge in [-0.25, -0.2) is 0 Å². The van der Waals surface area contributed by atoms with E-state index < -0.39 is 0 Å². The summed E-state index contributed by atoms with van der Waals surface area (Å²) in [6.07, 6.45) is 0.908. The number of amides is 1. The lowest BCUT2D eigenvalue weighted by atomic mass is 10.1. The number of hydrogen-bond acceptors (Lipinski definition) is 2. The van der Waals surface area contributed by atoms with Crippen molar-refractivity contribution in [2.45, 2.75) is 26.8 Å². The van der Waals surface area contributed by atoms with E-state index in [0.29, 0.717) is 23.7 Å². The molecule has 0 saturated carbocycles. The van der Waals surface area contributed by atoms with E-state index in [9.17, 15) is 4.79 Å². The summed E-state index contributed by atoms with van der Waals surface area (Å²) in [4.78, 5) is 12.2. The molecule has 0 aromatic heterocycles. The molecule has 0 fully saturated rings. The molecule has 1 amide bonds. The summed E-state index contributed by atoms with van der Waals surface area (Å²) in [6, 6.07) is 13.5. The van der Waals surface area contributed by atoms with Crippen molar-refractivity contribution >= 4 is 23.2 Å². The van der Waals surface area contributed by atoms with Crippen LogP contribution in [0.5, 0.6) is 0 Å². The summed E-state index contributed by atoms with van der Waals surface area (Å²) in [5.74, 6) is -0.0785. The molecule has 22 heavy (non-hydrogen) atoms. The third kappa shape index (κ3) is 4.50. The first-order valence-electron chi connectivity index (χ1n) is 7.47. The lowest BCUT2D eigenvalue weighted by Crippen LogP contribution is -2.25. The smallest absolute Gasteiger partial charge is 0.253 e. The number of benzene rings is 2. The second-order valence-electron chi connectivity index (χ2n) is 5.29. The number of carbonyl (C=O) groups is 1. The van der Waals surface area contributed by atoms with Crippen LogP contribution in [-0.4, -0.2) is 12.5 Å². The van der Waals surface area contributed by atoms with Crippen LogP contribution in [0.3, 0.4) is 0 Å². The Morgan fingerprint density at radius 3 is 2.73 bits per heavy atom. The molecule has 2 rings (SSSR count). The average molecular weight is 317 g/mol. The largest absolute Gasteiger partial charge is 0.380 e. The Kier molecular flexibility index (Phi) is 5.84. The minimum absolute atomic E-state index is 0.0785. The van der Waals surface area contributed by atoms with E-state index in [1.165, 1.54) is 11.1 Å². The van der Waals surface area contributed by atoms with E-state index in [4.69, 9.17) is 11.6 Å². The molecule has 0 spiro atoms. The van der Waals surface area contributed by atoms with Gasteiger partial charge in [0.2, 0.25) is 0 Å². The van der Waals surface area contributed by atoms with Crippen LogP contribution in [0.2, 0.25) is 5.02 Å². The highest BCUT2D eigenvalue weighted by atomic mass is 35.5.